The Hall–Kier alpha value is -1.84. The van der Waals surface area contributed by atoms with E-state index in [-0.39, 0.29) is 0 Å². The topological polar surface area (TPSA) is 52.6 Å². The summed E-state index contributed by atoms with van der Waals surface area (Å²) in [6.45, 7) is 5.63. The summed E-state index contributed by atoms with van der Waals surface area (Å²) in [4.78, 5) is 23.2. The van der Waals surface area contributed by atoms with Gasteiger partial charge in [0.05, 0.1) is 24.3 Å². The van der Waals surface area contributed by atoms with Gasteiger partial charge in [-0.3, -0.25) is 9.59 Å². The monoisotopic (exact) mass is 502 g/mol. The molecule has 0 fully saturated rings. The smallest absolute Gasteiger partial charge is 0.153 e. The lowest BCUT2D eigenvalue weighted by Gasteiger charge is -2.13. The molecule has 36 heavy (non-hydrogen) atoms. The molecule has 0 saturated heterocycles. The number of ether oxygens (including phenoxy) is 2. The first-order chi connectivity index (χ1) is 17.8. The van der Waals surface area contributed by atoms with Gasteiger partial charge in [-0.1, -0.05) is 129 Å². The van der Waals surface area contributed by atoms with Crippen molar-refractivity contribution in [3.63, 3.8) is 0 Å². The number of rotatable bonds is 26. The molecule has 0 amide bonds. The average Bonchev–Trinajstić information content (AvgIpc) is 2.90. The molecule has 0 aliphatic heterocycles. The Morgan fingerprint density at radius 1 is 0.472 bits per heavy atom. The summed E-state index contributed by atoms with van der Waals surface area (Å²) in [5.41, 5.74) is 0.900. The van der Waals surface area contributed by atoms with Crippen molar-refractivity contribution in [1.29, 1.82) is 0 Å². The SMILES string of the molecule is CCCCCCCCCCCCOc1cc(C=O)c(OCCCCCCCCCCCC)cc1C=O. The minimum Gasteiger partial charge on any atom is -0.493 e. The highest BCUT2D eigenvalue weighted by Gasteiger charge is 2.12. The van der Waals surface area contributed by atoms with Crippen molar-refractivity contribution >= 4 is 12.6 Å². The maximum Gasteiger partial charge on any atom is 0.153 e. The predicted molar refractivity (Wildman–Crippen MR) is 152 cm³/mol. The van der Waals surface area contributed by atoms with Crippen molar-refractivity contribution in [2.45, 2.75) is 142 Å². The highest BCUT2D eigenvalue weighted by molar-refractivity contribution is 5.87. The van der Waals surface area contributed by atoms with Crippen molar-refractivity contribution in [1.82, 2.24) is 0 Å². The summed E-state index contributed by atoms with van der Waals surface area (Å²) in [5, 5.41) is 0. The van der Waals surface area contributed by atoms with Crippen LogP contribution in [0.15, 0.2) is 12.1 Å². The van der Waals surface area contributed by atoms with Gasteiger partial charge in [-0.2, -0.15) is 0 Å². The van der Waals surface area contributed by atoms with Crippen LogP contribution in [0.2, 0.25) is 0 Å². The normalized spacial score (nSPS) is 10.9. The Labute approximate surface area is 221 Å². The number of unbranched alkanes of at least 4 members (excludes halogenated alkanes) is 18. The molecule has 0 saturated carbocycles. The molecular weight excluding hydrogens is 448 g/mol. The maximum atomic E-state index is 11.6. The van der Waals surface area contributed by atoms with Gasteiger partial charge in [-0.15, -0.1) is 0 Å². The van der Waals surface area contributed by atoms with Crippen LogP contribution in [0.1, 0.15) is 163 Å². The van der Waals surface area contributed by atoms with E-state index in [0.29, 0.717) is 35.8 Å². The van der Waals surface area contributed by atoms with E-state index in [2.05, 4.69) is 13.8 Å². The number of aldehydes is 2. The van der Waals surface area contributed by atoms with Crippen molar-refractivity contribution in [2.75, 3.05) is 13.2 Å². The number of benzene rings is 1. The van der Waals surface area contributed by atoms with Crippen LogP contribution in [-0.4, -0.2) is 25.8 Å². The molecule has 1 rings (SSSR count). The fraction of sp³-hybridized carbons (Fsp3) is 0.750. The number of hydrogen-bond donors (Lipinski definition) is 0. The van der Waals surface area contributed by atoms with Crippen molar-refractivity contribution < 1.29 is 19.1 Å². The van der Waals surface area contributed by atoms with E-state index in [1.165, 1.54) is 103 Å². The minimum absolute atomic E-state index is 0.450. The standard InChI is InChI=1S/C32H54O4/c1-3-5-7-9-11-13-15-17-19-21-23-35-31-25-30(28-34)32(26-29(31)27-33)36-24-22-20-18-16-14-12-10-8-6-4-2/h25-28H,3-24H2,1-2H3. The lowest BCUT2D eigenvalue weighted by Crippen LogP contribution is -2.04. The molecule has 0 spiro atoms. The van der Waals surface area contributed by atoms with Crippen molar-refractivity contribution in [2.24, 2.45) is 0 Å². The summed E-state index contributed by atoms with van der Waals surface area (Å²) in [6.07, 6.45) is 26.9. The summed E-state index contributed by atoms with van der Waals surface area (Å²) in [5.74, 6) is 0.962. The minimum atomic E-state index is 0.450. The second-order valence-corrected chi connectivity index (χ2v) is 10.2. The highest BCUT2D eigenvalue weighted by Crippen LogP contribution is 2.28. The molecule has 4 heteroatoms. The molecule has 4 nitrogen and oxygen atoms in total. The van der Waals surface area contributed by atoms with Gasteiger partial charge in [0.2, 0.25) is 0 Å². The van der Waals surface area contributed by atoms with Gasteiger partial charge in [0.1, 0.15) is 11.5 Å². The molecule has 0 bridgehead atoms. The van der Waals surface area contributed by atoms with Crippen LogP contribution >= 0.6 is 0 Å². The van der Waals surface area contributed by atoms with Crippen LogP contribution in [0.4, 0.5) is 0 Å². The zero-order valence-electron chi connectivity index (χ0n) is 23.5. The molecular formula is C32H54O4. The third kappa shape index (κ3) is 16.0. The number of hydrogen-bond acceptors (Lipinski definition) is 4. The van der Waals surface area contributed by atoms with E-state index in [4.69, 9.17) is 9.47 Å². The summed E-state index contributed by atoms with van der Waals surface area (Å²) in [6, 6.07) is 3.31. The summed E-state index contributed by atoms with van der Waals surface area (Å²) >= 11 is 0. The van der Waals surface area contributed by atoms with Crippen molar-refractivity contribution in [3.05, 3.63) is 23.3 Å². The highest BCUT2D eigenvalue weighted by atomic mass is 16.5. The Bertz CT molecular complexity index is 613. The Kier molecular flexibility index (Phi) is 21.1. The largest absolute Gasteiger partial charge is 0.493 e. The molecule has 0 unspecified atom stereocenters. The van der Waals surface area contributed by atoms with Crippen molar-refractivity contribution in [3.8, 4) is 11.5 Å². The second kappa shape index (κ2) is 23.6. The van der Waals surface area contributed by atoms with Crippen LogP contribution in [0.3, 0.4) is 0 Å². The number of carbonyl (C=O) groups is 2. The van der Waals surface area contributed by atoms with Gasteiger partial charge < -0.3 is 9.47 Å². The Morgan fingerprint density at radius 2 is 0.750 bits per heavy atom. The lowest BCUT2D eigenvalue weighted by atomic mass is 10.1. The average molecular weight is 503 g/mol. The first kappa shape index (κ1) is 32.2. The number of carbonyl (C=O) groups excluding carboxylic acids is 2. The van der Waals surface area contributed by atoms with Crippen LogP contribution < -0.4 is 9.47 Å². The molecule has 1 aromatic carbocycles. The van der Waals surface area contributed by atoms with Crippen LogP contribution in [0.25, 0.3) is 0 Å². The first-order valence-corrected chi connectivity index (χ1v) is 15.1. The molecule has 0 aromatic heterocycles. The molecule has 0 radical (unpaired) electrons. The van der Waals surface area contributed by atoms with Crippen LogP contribution in [-0.2, 0) is 0 Å². The third-order valence-electron chi connectivity index (χ3n) is 6.91. The lowest BCUT2D eigenvalue weighted by molar-refractivity contribution is 0.110. The first-order valence-electron chi connectivity index (χ1n) is 15.1. The van der Waals surface area contributed by atoms with Gasteiger partial charge in [0.15, 0.2) is 12.6 Å². The molecule has 0 atom stereocenters. The fourth-order valence-electron chi connectivity index (χ4n) is 4.57. The fourth-order valence-corrected chi connectivity index (χ4v) is 4.57. The molecule has 0 N–H and O–H groups in total. The van der Waals surface area contributed by atoms with Gasteiger partial charge >= 0.3 is 0 Å². The Morgan fingerprint density at radius 3 is 1.03 bits per heavy atom. The predicted octanol–water partition coefficient (Wildman–Crippen LogP) is 9.91. The van der Waals surface area contributed by atoms with Crippen LogP contribution in [0.5, 0.6) is 11.5 Å². The van der Waals surface area contributed by atoms with E-state index in [9.17, 15) is 9.59 Å². The third-order valence-corrected chi connectivity index (χ3v) is 6.91. The second-order valence-electron chi connectivity index (χ2n) is 10.2. The van der Waals surface area contributed by atoms with Crippen LogP contribution in [0, 0.1) is 0 Å². The quantitative estimate of drug-likeness (QED) is 0.0934. The Balaban J connectivity index is 2.24. The van der Waals surface area contributed by atoms with Gasteiger partial charge in [0, 0.05) is 0 Å². The van der Waals surface area contributed by atoms with E-state index in [1.807, 2.05) is 0 Å². The molecule has 0 aliphatic rings. The molecule has 206 valence electrons. The van der Waals surface area contributed by atoms with Gasteiger partial charge in [-0.25, -0.2) is 0 Å². The van der Waals surface area contributed by atoms with Gasteiger partial charge in [-0.05, 0) is 25.0 Å². The van der Waals surface area contributed by atoms with Gasteiger partial charge in [0.25, 0.3) is 0 Å². The zero-order chi connectivity index (χ0) is 26.1. The summed E-state index contributed by atoms with van der Waals surface area (Å²) in [7, 11) is 0. The van der Waals surface area contributed by atoms with E-state index >= 15 is 0 Å². The zero-order valence-corrected chi connectivity index (χ0v) is 23.5. The van der Waals surface area contributed by atoms with E-state index < -0.39 is 0 Å². The molecule has 1 aromatic rings. The van der Waals surface area contributed by atoms with E-state index in [1.54, 1.807) is 12.1 Å². The summed E-state index contributed by atoms with van der Waals surface area (Å²) < 4.78 is 11.7. The maximum absolute atomic E-state index is 11.6. The van der Waals surface area contributed by atoms with E-state index in [0.717, 1.165) is 38.3 Å². The molecule has 0 heterocycles. The molecule has 0 aliphatic carbocycles.